The van der Waals surface area contributed by atoms with Crippen LogP contribution in [0.4, 0.5) is 0 Å². The number of hydrogen-bond donors (Lipinski definition) is 2. The molecule has 0 saturated heterocycles. The Labute approximate surface area is 109 Å². The highest BCUT2D eigenvalue weighted by Gasteiger charge is 2.06. The zero-order valence-electron chi connectivity index (χ0n) is 9.78. The average Bonchev–Trinajstić information content (AvgIpc) is 2.27. The number of primary amides is 1. The van der Waals surface area contributed by atoms with Gasteiger partial charge in [0.25, 0.3) is 5.91 Å². The molecule has 1 atom stereocenters. The third-order valence-electron chi connectivity index (χ3n) is 2.39. The monoisotopic (exact) mass is 300 g/mol. The van der Waals surface area contributed by atoms with Crippen molar-refractivity contribution in [2.75, 3.05) is 6.61 Å². The molecule has 1 amide bonds. The minimum absolute atomic E-state index is 0.119. The third-order valence-corrected chi connectivity index (χ3v) is 3.01. The second-order valence-electron chi connectivity index (χ2n) is 3.89. The first-order chi connectivity index (χ1) is 8.02. The number of carbonyl (C=O) groups excluding carboxylic acids is 1. The fraction of sp³-hybridized carbons (Fsp3) is 0.417. The van der Waals surface area contributed by atoms with E-state index < -0.39 is 5.91 Å². The van der Waals surface area contributed by atoms with E-state index in [9.17, 15) is 4.79 Å². The first-order valence-corrected chi connectivity index (χ1v) is 6.27. The predicted molar refractivity (Wildman–Crippen MR) is 70.8 cm³/mol. The molecule has 0 saturated carbocycles. The van der Waals surface area contributed by atoms with Gasteiger partial charge in [-0.2, -0.15) is 0 Å². The van der Waals surface area contributed by atoms with Crippen LogP contribution >= 0.6 is 15.9 Å². The van der Waals surface area contributed by atoms with Crippen molar-refractivity contribution in [2.24, 2.45) is 11.5 Å². The van der Waals surface area contributed by atoms with Gasteiger partial charge in [-0.1, -0.05) is 13.0 Å². The van der Waals surface area contributed by atoms with E-state index in [-0.39, 0.29) is 12.6 Å². The van der Waals surface area contributed by atoms with Crippen molar-refractivity contribution in [3.63, 3.8) is 0 Å². The Morgan fingerprint density at radius 2 is 2.24 bits per heavy atom. The van der Waals surface area contributed by atoms with Gasteiger partial charge >= 0.3 is 0 Å². The smallest absolute Gasteiger partial charge is 0.255 e. The number of benzene rings is 1. The van der Waals surface area contributed by atoms with E-state index in [1.807, 2.05) is 18.2 Å². The van der Waals surface area contributed by atoms with Crippen LogP contribution < -0.4 is 16.2 Å². The topological polar surface area (TPSA) is 78.3 Å². The van der Waals surface area contributed by atoms with E-state index >= 15 is 0 Å². The summed E-state index contributed by atoms with van der Waals surface area (Å²) in [5.41, 5.74) is 12.0. The first kappa shape index (κ1) is 14.0. The quantitative estimate of drug-likeness (QED) is 0.837. The number of hydrogen-bond acceptors (Lipinski definition) is 3. The van der Waals surface area contributed by atoms with Gasteiger partial charge in [0.15, 0.2) is 6.61 Å². The molecule has 5 heteroatoms. The number of ether oxygens (including phenoxy) is 1. The normalized spacial score (nSPS) is 12.2. The van der Waals surface area contributed by atoms with Crippen molar-refractivity contribution in [3.05, 3.63) is 28.2 Å². The minimum atomic E-state index is -0.492. The summed E-state index contributed by atoms with van der Waals surface area (Å²) in [4.78, 5) is 10.6. The van der Waals surface area contributed by atoms with Gasteiger partial charge in [0.05, 0.1) is 4.47 Å². The molecule has 1 aromatic carbocycles. The molecule has 0 bridgehead atoms. The summed E-state index contributed by atoms with van der Waals surface area (Å²) in [6.07, 6.45) is 1.77. The van der Waals surface area contributed by atoms with Crippen LogP contribution in [0.2, 0.25) is 0 Å². The lowest BCUT2D eigenvalue weighted by molar-refractivity contribution is -0.119. The molecule has 0 fully saturated rings. The highest BCUT2D eigenvalue weighted by molar-refractivity contribution is 9.10. The average molecular weight is 301 g/mol. The summed E-state index contributed by atoms with van der Waals surface area (Å²) in [5.74, 6) is 0.117. The summed E-state index contributed by atoms with van der Waals surface area (Å²) in [5, 5.41) is 0. The van der Waals surface area contributed by atoms with Crippen molar-refractivity contribution in [2.45, 2.75) is 25.8 Å². The SMILES string of the molecule is CCC(N)Cc1ccc(OCC(N)=O)c(Br)c1. The lowest BCUT2D eigenvalue weighted by Gasteiger charge is -2.11. The Bertz CT molecular complexity index is 396. The van der Waals surface area contributed by atoms with Crippen LogP contribution in [0.3, 0.4) is 0 Å². The molecule has 0 spiro atoms. The molecule has 0 aromatic heterocycles. The highest BCUT2D eigenvalue weighted by atomic mass is 79.9. The van der Waals surface area contributed by atoms with Gasteiger partial charge < -0.3 is 16.2 Å². The van der Waals surface area contributed by atoms with Gasteiger partial charge in [-0.3, -0.25) is 4.79 Å². The van der Waals surface area contributed by atoms with Crippen molar-refractivity contribution in [1.82, 2.24) is 0 Å². The van der Waals surface area contributed by atoms with Gasteiger partial charge in [-0.25, -0.2) is 0 Å². The molecule has 1 rings (SSSR count). The van der Waals surface area contributed by atoms with Crippen molar-refractivity contribution in [3.8, 4) is 5.75 Å². The van der Waals surface area contributed by atoms with Gasteiger partial charge in [0.1, 0.15) is 5.75 Å². The Balaban J connectivity index is 2.68. The van der Waals surface area contributed by atoms with Gasteiger partial charge in [0.2, 0.25) is 0 Å². The molecular weight excluding hydrogens is 284 g/mol. The fourth-order valence-corrected chi connectivity index (χ4v) is 1.93. The molecule has 4 nitrogen and oxygen atoms in total. The van der Waals surface area contributed by atoms with Gasteiger partial charge in [-0.15, -0.1) is 0 Å². The van der Waals surface area contributed by atoms with Crippen LogP contribution in [-0.4, -0.2) is 18.6 Å². The number of halogens is 1. The van der Waals surface area contributed by atoms with Crippen LogP contribution in [0.1, 0.15) is 18.9 Å². The molecule has 17 heavy (non-hydrogen) atoms. The molecule has 94 valence electrons. The molecule has 1 aromatic rings. The summed E-state index contributed by atoms with van der Waals surface area (Å²) < 4.78 is 6.04. The zero-order chi connectivity index (χ0) is 12.8. The van der Waals surface area contributed by atoms with Crippen molar-refractivity contribution >= 4 is 21.8 Å². The van der Waals surface area contributed by atoms with E-state index in [0.29, 0.717) is 5.75 Å². The highest BCUT2D eigenvalue weighted by Crippen LogP contribution is 2.26. The molecule has 1 unspecified atom stereocenters. The summed E-state index contributed by atoms with van der Waals surface area (Å²) in [6.45, 7) is 1.94. The Morgan fingerprint density at radius 1 is 1.53 bits per heavy atom. The number of carbonyl (C=O) groups is 1. The van der Waals surface area contributed by atoms with Crippen LogP contribution in [-0.2, 0) is 11.2 Å². The summed E-state index contributed by atoms with van der Waals surface area (Å²) in [7, 11) is 0. The fourth-order valence-electron chi connectivity index (χ4n) is 1.38. The van der Waals surface area contributed by atoms with Gasteiger partial charge in [-0.05, 0) is 46.5 Å². The second-order valence-corrected chi connectivity index (χ2v) is 4.75. The van der Waals surface area contributed by atoms with E-state index in [1.165, 1.54) is 0 Å². The second kappa shape index (κ2) is 6.61. The standard InChI is InChI=1S/C12H17BrN2O2/c1-2-9(14)5-8-3-4-11(10(13)6-8)17-7-12(15)16/h3-4,6,9H,2,5,7,14H2,1H3,(H2,15,16). The molecule has 0 radical (unpaired) electrons. The Morgan fingerprint density at radius 3 is 2.76 bits per heavy atom. The Kier molecular flexibility index (Phi) is 5.44. The largest absolute Gasteiger partial charge is 0.483 e. The zero-order valence-corrected chi connectivity index (χ0v) is 11.4. The van der Waals surface area contributed by atoms with Crippen LogP contribution in [0.15, 0.2) is 22.7 Å². The number of nitrogens with two attached hydrogens (primary N) is 2. The van der Waals surface area contributed by atoms with Gasteiger partial charge in [0, 0.05) is 6.04 Å². The molecule has 0 aliphatic carbocycles. The van der Waals surface area contributed by atoms with E-state index in [0.717, 1.165) is 22.9 Å². The Hall–Kier alpha value is -1.07. The molecule has 0 aliphatic heterocycles. The summed E-state index contributed by atoms with van der Waals surface area (Å²) in [6, 6.07) is 5.87. The van der Waals surface area contributed by atoms with E-state index in [1.54, 1.807) is 0 Å². The third kappa shape index (κ3) is 4.75. The molecule has 4 N–H and O–H groups in total. The predicted octanol–water partition coefficient (Wildman–Crippen LogP) is 1.59. The molecule has 0 aliphatic rings. The maximum absolute atomic E-state index is 10.6. The van der Waals surface area contributed by atoms with Crippen LogP contribution in [0, 0.1) is 0 Å². The van der Waals surface area contributed by atoms with Crippen LogP contribution in [0.5, 0.6) is 5.75 Å². The number of rotatable bonds is 6. The molecule has 0 heterocycles. The van der Waals surface area contributed by atoms with Crippen LogP contribution in [0.25, 0.3) is 0 Å². The maximum Gasteiger partial charge on any atom is 0.255 e. The molecular formula is C12H17BrN2O2. The summed E-state index contributed by atoms with van der Waals surface area (Å²) >= 11 is 3.39. The lowest BCUT2D eigenvalue weighted by atomic mass is 10.0. The van der Waals surface area contributed by atoms with E-state index in [4.69, 9.17) is 16.2 Å². The number of amides is 1. The maximum atomic E-state index is 10.6. The first-order valence-electron chi connectivity index (χ1n) is 5.48. The van der Waals surface area contributed by atoms with Crippen molar-refractivity contribution < 1.29 is 9.53 Å². The lowest BCUT2D eigenvalue weighted by Crippen LogP contribution is -2.21. The minimum Gasteiger partial charge on any atom is -0.483 e. The van der Waals surface area contributed by atoms with Crippen molar-refractivity contribution in [1.29, 1.82) is 0 Å². The van der Waals surface area contributed by atoms with E-state index in [2.05, 4.69) is 22.9 Å².